The SMILES string of the molecule is CCCCC(N)C(C)CC. The van der Waals surface area contributed by atoms with E-state index in [1.54, 1.807) is 0 Å². The summed E-state index contributed by atoms with van der Waals surface area (Å²) in [4.78, 5) is 0. The molecular formula is C9H21N. The van der Waals surface area contributed by atoms with E-state index < -0.39 is 0 Å². The van der Waals surface area contributed by atoms with Crippen LogP contribution in [0.3, 0.4) is 0 Å². The highest BCUT2D eigenvalue weighted by Crippen LogP contribution is 2.10. The van der Waals surface area contributed by atoms with Gasteiger partial charge in [-0.15, -0.1) is 0 Å². The van der Waals surface area contributed by atoms with E-state index in [1.807, 2.05) is 0 Å². The van der Waals surface area contributed by atoms with Crippen molar-refractivity contribution in [2.45, 2.75) is 52.5 Å². The van der Waals surface area contributed by atoms with Crippen LogP contribution in [0.15, 0.2) is 0 Å². The van der Waals surface area contributed by atoms with Gasteiger partial charge in [0.2, 0.25) is 0 Å². The standard InChI is InChI=1S/C9H21N/c1-4-6-7-9(10)8(3)5-2/h8-9H,4-7,10H2,1-3H3. The predicted molar refractivity (Wildman–Crippen MR) is 47.0 cm³/mol. The van der Waals surface area contributed by atoms with Gasteiger partial charge in [0.15, 0.2) is 0 Å². The van der Waals surface area contributed by atoms with Crippen LogP contribution in [0.25, 0.3) is 0 Å². The zero-order valence-electron chi connectivity index (χ0n) is 7.56. The molecule has 0 aliphatic rings. The first-order chi connectivity index (χ1) is 4.72. The first-order valence-electron chi connectivity index (χ1n) is 4.47. The number of nitrogens with two attached hydrogens (primary N) is 1. The second-order valence-corrected chi connectivity index (χ2v) is 3.19. The van der Waals surface area contributed by atoms with Gasteiger partial charge in [-0.25, -0.2) is 0 Å². The summed E-state index contributed by atoms with van der Waals surface area (Å²) in [7, 11) is 0. The van der Waals surface area contributed by atoms with Crippen LogP contribution in [-0.4, -0.2) is 6.04 Å². The van der Waals surface area contributed by atoms with Crippen LogP contribution in [0, 0.1) is 5.92 Å². The Kier molecular flexibility index (Phi) is 5.70. The molecule has 2 unspecified atom stereocenters. The summed E-state index contributed by atoms with van der Waals surface area (Å²) in [5.41, 5.74) is 5.91. The molecule has 0 heterocycles. The average Bonchev–Trinajstić information content (AvgIpc) is 1.98. The first kappa shape index (κ1) is 9.96. The molecule has 2 atom stereocenters. The Morgan fingerprint density at radius 1 is 1.30 bits per heavy atom. The number of hydrogen-bond donors (Lipinski definition) is 1. The average molecular weight is 143 g/mol. The second-order valence-electron chi connectivity index (χ2n) is 3.19. The van der Waals surface area contributed by atoms with Gasteiger partial charge in [0.1, 0.15) is 0 Å². The molecule has 10 heavy (non-hydrogen) atoms. The molecule has 0 saturated carbocycles. The first-order valence-corrected chi connectivity index (χ1v) is 4.47. The van der Waals surface area contributed by atoms with Gasteiger partial charge in [0.05, 0.1) is 0 Å². The lowest BCUT2D eigenvalue weighted by atomic mass is 9.96. The van der Waals surface area contributed by atoms with Crippen molar-refractivity contribution in [3.63, 3.8) is 0 Å². The summed E-state index contributed by atoms with van der Waals surface area (Å²) in [5.74, 6) is 0.701. The maximum absolute atomic E-state index is 5.91. The van der Waals surface area contributed by atoms with Gasteiger partial charge in [0, 0.05) is 6.04 Å². The Morgan fingerprint density at radius 3 is 2.30 bits per heavy atom. The fourth-order valence-corrected chi connectivity index (χ4v) is 1.03. The van der Waals surface area contributed by atoms with Gasteiger partial charge in [-0.1, -0.05) is 40.0 Å². The summed E-state index contributed by atoms with van der Waals surface area (Å²) < 4.78 is 0. The van der Waals surface area contributed by atoms with Crippen LogP contribution in [0.5, 0.6) is 0 Å². The minimum Gasteiger partial charge on any atom is -0.327 e. The summed E-state index contributed by atoms with van der Waals surface area (Å²) in [6.07, 6.45) is 4.96. The fraction of sp³-hybridized carbons (Fsp3) is 1.00. The van der Waals surface area contributed by atoms with Gasteiger partial charge >= 0.3 is 0 Å². The lowest BCUT2D eigenvalue weighted by Crippen LogP contribution is -2.27. The maximum Gasteiger partial charge on any atom is 0.00644 e. The highest BCUT2D eigenvalue weighted by Gasteiger charge is 2.08. The molecule has 1 heteroatoms. The third-order valence-electron chi connectivity index (χ3n) is 2.27. The molecule has 0 rings (SSSR count). The minimum atomic E-state index is 0.435. The van der Waals surface area contributed by atoms with Crippen LogP contribution < -0.4 is 5.73 Å². The maximum atomic E-state index is 5.91. The molecule has 0 amide bonds. The topological polar surface area (TPSA) is 26.0 Å². The Balaban J connectivity index is 3.31. The molecule has 0 aromatic carbocycles. The van der Waals surface area contributed by atoms with Gasteiger partial charge in [-0.05, 0) is 12.3 Å². The molecule has 1 nitrogen and oxygen atoms in total. The molecule has 0 fully saturated rings. The number of unbranched alkanes of at least 4 members (excludes halogenated alkanes) is 1. The molecule has 0 radical (unpaired) electrons. The Morgan fingerprint density at radius 2 is 1.90 bits per heavy atom. The van der Waals surface area contributed by atoms with Crippen molar-refractivity contribution in [2.75, 3.05) is 0 Å². The summed E-state index contributed by atoms with van der Waals surface area (Å²) in [6, 6.07) is 0.435. The highest BCUT2D eigenvalue weighted by molar-refractivity contribution is 4.66. The third-order valence-corrected chi connectivity index (χ3v) is 2.27. The van der Waals surface area contributed by atoms with E-state index in [9.17, 15) is 0 Å². The Hall–Kier alpha value is -0.0400. The summed E-state index contributed by atoms with van der Waals surface area (Å²) in [6.45, 7) is 6.65. The highest BCUT2D eigenvalue weighted by atomic mass is 14.6. The molecule has 0 aromatic heterocycles. The lowest BCUT2D eigenvalue weighted by Gasteiger charge is -2.17. The molecule has 62 valence electrons. The largest absolute Gasteiger partial charge is 0.327 e. The number of rotatable bonds is 5. The van der Waals surface area contributed by atoms with E-state index in [-0.39, 0.29) is 0 Å². The van der Waals surface area contributed by atoms with Gasteiger partial charge < -0.3 is 5.73 Å². The normalized spacial score (nSPS) is 16.8. The monoisotopic (exact) mass is 143 g/mol. The van der Waals surface area contributed by atoms with Crippen molar-refractivity contribution in [1.29, 1.82) is 0 Å². The van der Waals surface area contributed by atoms with E-state index in [1.165, 1.54) is 25.7 Å². The molecule has 0 aromatic rings. The lowest BCUT2D eigenvalue weighted by molar-refractivity contribution is 0.410. The van der Waals surface area contributed by atoms with Crippen molar-refractivity contribution < 1.29 is 0 Å². The van der Waals surface area contributed by atoms with Crippen LogP contribution in [0.2, 0.25) is 0 Å². The minimum absolute atomic E-state index is 0.435. The van der Waals surface area contributed by atoms with E-state index in [4.69, 9.17) is 5.73 Å². The van der Waals surface area contributed by atoms with Crippen molar-refractivity contribution in [2.24, 2.45) is 11.7 Å². The van der Waals surface area contributed by atoms with Crippen LogP contribution >= 0.6 is 0 Å². The third kappa shape index (κ3) is 3.89. The molecule has 0 bridgehead atoms. The number of hydrogen-bond acceptors (Lipinski definition) is 1. The van der Waals surface area contributed by atoms with E-state index in [0.29, 0.717) is 12.0 Å². The summed E-state index contributed by atoms with van der Waals surface area (Å²) >= 11 is 0. The van der Waals surface area contributed by atoms with E-state index in [2.05, 4.69) is 20.8 Å². The molecular weight excluding hydrogens is 122 g/mol. The molecule has 0 aliphatic heterocycles. The Bertz CT molecular complexity index is 71.1. The molecule has 2 N–H and O–H groups in total. The van der Waals surface area contributed by atoms with Gasteiger partial charge in [-0.3, -0.25) is 0 Å². The molecule has 0 saturated heterocycles. The van der Waals surface area contributed by atoms with E-state index in [0.717, 1.165) is 0 Å². The van der Waals surface area contributed by atoms with Crippen molar-refractivity contribution in [3.8, 4) is 0 Å². The second kappa shape index (κ2) is 5.72. The van der Waals surface area contributed by atoms with Crippen LogP contribution in [0.4, 0.5) is 0 Å². The van der Waals surface area contributed by atoms with E-state index >= 15 is 0 Å². The molecule has 0 spiro atoms. The van der Waals surface area contributed by atoms with Crippen LogP contribution in [-0.2, 0) is 0 Å². The predicted octanol–water partition coefficient (Wildman–Crippen LogP) is 2.55. The smallest absolute Gasteiger partial charge is 0.00644 e. The quantitative estimate of drug-likeness (QED) is 0.629. The van der Waals surface area contributed by atoms with Crippen LogP contribution in [0.1, 0.15) is 46.5 Å². The zero-order chi connectivity index (χ0) is 7.98. The van der Waals surface area contributed by atoms with Gasteiger partial charge in [-0.2, -0.15) is 0 Å². The van der Waals surface area contributed by atoms with Gasteiger partial charge in [0.25, 0.3) is 0 Å². The molecule has 0 aliphatic carbocycles. The van der Waals surface area contributed by atoms with Crippen molar-refractivity contribution >= 4 is 0 Å². The Labute approximate surface area is 65.0 Å². The summed E-state index contributed by atoms with van der Waals surface area (Å²) in [5, 5.41) is 0. The fourth-order valence-electron chi connectivity index (χ4n) is 1.03. The van der Waals surface area contributed by atoms with Crippen molar-refractivity contribution in [3.05, 3.63) is 0 Å². The zero-order valence-corrected chi connectivity index (χ0v) is 7.56. The van der Waals surface area contributed by atoms with Crippen molar-refractivity contribution in [1.82, 2.24) is 0 Å².